The van der Waals surface area contributed by atoms with Crippen molar-refractivity contribution in [1.29, 1.82) is 0 Å². The predicted octanol–water partition coefficient (Wildman–Crippen LogP) is 23.0. The van der Waals surface area contributed by atoms with Crippen molar-refractivity contribution in [2.75, 3.05) is 13.2 Å². The van der Waals surface area contributed by atoms with E-state index in [-0.39, 0.29) is 31.1 Å². The summed E-state index contributed by atoms with van der Waals surface area (Å²) in [7, 11) is 0. The average molecular weight is 1100 g/mol. The number of ether oxygens (including phenoxy) is 3. The van der Waals surface area contributed by atoms with E-state index in [1.165, 1.54) is 141 Å². The van der Waals surface area contributed by atoms with Crippen LogP contribution in [0.3, 0.4) is 0 Å². The van der Waals surface area contributed by atoms with E-state index in [1.807, 2.05) is 0 Å². The van der Waals surface area contributed by atoms with Crippen LogP contribution in [0.1, 0.15) is 316 Å². The molecule has 0 N–H and O–H groups in total. The van der Waals surface area contributed by atoms with Gasteiger partial charge in [-0.1, -0.05) is 304 Å². The van der Waals surface area contributed by atoms with Crippen LogP contribution in [0, 0.1) is 0 Å². The molecular formula is C73H124O6. The van der Waals surface area contributed by atoms with Crippen LogP contribution in [0.15, 0.2) is 109 Å². The number of esters is 3. The lowest BCUT2D eigenvalue weighted by atomic mass is 10.0. The molecule has 0 aromatic carbocycles. The van der Waals surface area contributed by atoms with Crippen LogP contribution in [0.2, 0.25) is 0 Å². The van der Waals surface area contributed by atoms with Crippen LogP contribution >= 0.6 is 0 Å². The molecule has 0 aliphatic carbocycles. The number of carbonyl (C=O) groups is 3. The molecule has 6 nitrogen and oxygen atoms in total. The highest BCUT2D eigenvalue weighted by Crippen LogP contribution is 2.17. The maximum Gasteiger partial charge on any atom is 0.306 e. The standard InChI is InChI=1S/C73H124O6/c1-4-7-10-13-16-19-22-25-28-31-33-34-35-36-37-38-40-42-45-48-51-54-57-60-63-66-72(75)78-69-70(68-77-71(74)65-62-59-56-53-50-47-44-41-30-27-24-21-18-15-12-9-6-3)79-73(76)67-64-61-58-55-52-49-46-43-39-32-29-26-23-20-17-14-11-8-5-2/h7,9-10,12,16,18-19,21,25,27-28,30,33-34,36-37,40,42,70H,4-6,8,11,13-15,17,20,22-24,26,29,31-32,35,38-39,41,43-69H2,1-3H3/b10-7-,12-9-,19-16-,21-18-,28-25-,30-27-,34-33-,37-36-,42-40-. The van der Waals surface area contributed by atoms with E-state index in [0.29, 0.717) is 19.3 Å². The first-order chi connectivity index (χ1) is 39.0. The molecule has 0 rings (SSSR count). The van der Waals surface area contributed by atoms with Crippen LogP contribution in [0.5, 0.6) is 0 Å². The molecule has 1 unspecified atom stereocenters. The summed E-state index contributed by atoms with van der Waals surface area (Å²) in [5.74, 6) is -0.897. The molecule has 0 saturated carbocycles. The fourth-order valence-corrected chi connectivity index (χ4v) is 9.35. The molecule has 79 heavy (non-hydrogen) atoms. The molecule has 0 aliphatic rings. The largest absolute Gasteiger partial charge is 0.462 e. The summed E-state index contributed by atoms with van der Waals surface area (Å²) in [5, 5.41) is 0. The van der Waals surface area contributed by atoms with Crippen molar-refractivity contribution < 1.29 is 28.6 Å². The Morgan fingerprint density at radius 2 is 0.494 bits per heavy atom. The molecule has 0 spiro atoms. The first-order valence-corrected chi connectivity index (χ1v) is 33.4. The lowest BCUT2D eigenvalue weighted by Crippen LogP contribution is -2.30. The van der Waals surface area contributed by atoms with Crippen LogP contribution in [-0.4, -0.2) is 37.2 Å². The fraction of sp³-hybridized carbons (Fsp3) is 0.712. The molecule has 0 bridgehead atoms. The van der Waals surface area contributed by atoms with Gasteiger partial charge in [0.1, 0.15) is 13.2 Å². The quantitative estimate of drug-likeness (QED) is 0.0261. The van der Waals surface area contributed by atoms with E-state index in [9.17, 15) is 14.4 Å². The minimum absolute atomic E-state index is 0.0867. The van der Waals surface area contributed by atoms with E-state index in [0.717, 1.165) is 135 Å². The lowest BCUT2D eigenvalue weighted by molar-refractivity contribution is -0.167. The van der Waals surface area contributed by atoms with Gasteiger partial charge in [-0.2, -0.15) is 0 Å². The Bertz CT molecular complexity index is 1590. The van der Waals surface area contributed by atoms with Gasteiger partial charge in [0.2, 0.25) is 0 Å². The van der Waals surface area contributed by atoms with Crippen molar-refractivity contribution in [3.05, 3.63) is 109 Å². The predicted molar refractivity (Wildman–Crippen MR) is 343 cm³/mol. The van der Waals surface area contributed by atoms with Crippen molar-refractivity contribution in [2.45, 2.75) is 322 Å². The number of carbonyl (C=O) groups excluding carboxylic acids is 3. The summed E-state index contributed by atoms with van der Waals surface area (Å²) in [5.41, 5.74) is 0. The summed E-state index contributed by atoms with van der Waals surface area (Å²) in [6.45, 7) is 6.43. The number of hydrogen-bond donors (Lipinski definition) is 0. The third-order valence-corrected chi connectivity index (χ3v) is 14.3. The number of allylic oxidation sites excluding steroid dienone is 18. The van der Waals surface area contributed by atoms with Gasteiger partial charge in [-0.05, 0) is 103 Å². The fourth-order valence-electron chi connectivity index (χ4n) is 9.35. The Balaban J connectivity index is 4.40. The number of unbranched alkanes of at least 4 members (excludes halogenated alkanes) is 31. The highest BCUT2D eigenvalue weighted by molar-refractivity contribution is 5.71. The highest BCUT2D eigenvalue weighted by atomic mass is 16.6. The van der Waals surface area contributed by atoms with E-state index < -0.39 is 6.10 Å². The smallest absolute Gasteiger partial charge is 0.306 e. The summed E-state index contributed by atoms with van der Waals surface area (Å²) in [4.78, 5) is 38.4. The molecule has 0 saturated heterocycles. The maximum atomic E-state index is 12.9. The Kier molecular flexibility index (Phi) is 63.3. The van der Waals surface area contributed by atoms with Gasteiger partial charge >= 0.3 is 17.9 Å². The second kappa shape index (κ2) is 66.6. The van der Waals surface area contributed by atoms with Crippen molar-refractivity contribution in [1.82, 2.24) is 0 Å². The maximum absolute atomic E-state index is 12.9. The molecule has 0 amide bonds. The normalized spacial score (nSPS) is 12.8. The molecular weight excluding hydrogens is 973 g/mol. The summed E-state index contributed by atoms with van der Waals surface area (Å²) < 4.78 is 17.0. The zero-order valence-electron chi connectivity index (χ0n) is 51.9. The molecule has 0 aliphatic heterocycles. The van der Waals surface area contributed by atoms with Crippen LogP contribution in [0.25, 0.3) is 0 Å². The highest BCUT2D eigenvalue weighted by Gasteiger charge is 2.19. The van der Waals surface area contributed by atoms with Crippen molar-refractivity contribution in [3.8, 4) is 0 Å². The monoisotopic (exact) mass is 1100 g/mol. The van der Waals surface area contributed by atoms with Gasteiger partial charge in [0.15, 0.2) is 6.10 Å². The van der Waals surface area contributed by atoms with E-state index in [4.69, 9.17) is 14.2 Å². The topological polar surface area (TPSA) is 78.9 Å². The second-order valence-corrected chi connectivity index (χ2v) is 22.0. The van der Waals surface area contributed by atoms with Gasteiger partial charge in [-0.15, -0.1) is 0 Å². The zero-order chi connectivity index (χ0) is 57.1. The number of hydrogen-bond acceptors (Lipinski definition) is 6. The molecule has 0 radical (unpaired) electrons. The Morgan fingerprint density at radius 3 is 0.772 bits per heavy atom. The van der Waals surface area contributed by atoms with Gasteiger partial charge in [-0.3, -0.25) is 14.4 Å². The first kappa shape index (κ1) is 75.1. The zero-order valence-corrected chi connectivity index (χ0v) is 51.9. The minimum Gasteiger partial charge on any atom is -0.462 e. The third kappa shape index (κ3) is 64.8. The van der Waals surface area contributed by atoms with Gasteiger partial charge in [0.25, 0.3) is 0 Å². The van der Waals surface area contributed by atoms with Crippen LogP contribution < -0.4 is 0 Å². The average Bonchev–Trinajstić information content (AvgIpc) is 3.45. The SMILES string of the molecule is CC/C=C\C/C=C\C/C=C\C/C=C\C/C=C\C/C=C\CCCCCCCCC(=O)OCC(COC(=O)CCCCCCCCC/C=C\C/C=C\C/C=C\CC)OC(=O)CCCCCCCCCCCCCCCCCCCCC. The van der Waals surface area contributed by atoms with E-state index >= 15 is 0 Å². The van der Waals surface area contributed by atoms with Gasteiger partial charge in [-0.25, -0.2) is 0 Å². The van der Waals surface area contributed by atoms with Crippen molar-refractivity contribution >= 4 is 17.9 Å². The van der Waals surface area contributed by atoms with Crippen molar-refractivity contribution in [2.24, 2.45) is 0 Å². The Morgan fingerprint density at radius 1 is 0.266 bits per heavy atom. The van der Waals surface area contributed by atoms with E-state index in [2.05, 4.69) is 130 Å². The minimum atomic E-state index is -0.791. The summed E-state index contributed by atoms with van der Waals surface area (Å²) >= 11 is 0. The van der Waals surface area contributed by atoms with E-state index in [1.54, 1.807) is 0 Å². The van der Waals surface area contributed by atoms with Gasteiger partial charge in [0.05, 0.1) is 0 Å². The second-order valence-electron chi connectivity index (χ2n) is 22.0. The summed E-state index contributed by atoms with van der Waals surface area (Å²) in [6, 6.07) is 0. The lowest BCUT2D eigenvalue weighted by Gasteiger charge is -2.18. The molecule has 0 fully saturated rings. The summed E-state index contributed by atoms with van der Waals surface area (Å²) in [6.07, 6.45) is 90.9. The van der Waals surface area contributed by atoms with Crippen LogP contribution in [0.4, 0.5) is 0 Å². The molecule has 6 heteroatoms. The van der Waals surface area contributed by atoms with Crippen molar-refractivity contribution in [3.63, 3.8) is 0 Å². The van der Waals surface area contributed by atoms with Gasteiger partial charge < -0.3 is 14.2 Å². The number of rotatable bonds is 60. The molecule has 1 atom stereocenters. The first-order valence-electron chi connectivity index (χ1n) is 33.4. The third-order valence-electron chi connectivity index (χ3n) is 14.3. The Hall–Kier alpha value is -3.93. The Labute approximate surface area is 489 Å². The molecule has 0 aromatic rings. The molecule has 452 valence electrons. The van der Waals surface area contributed by atoms with Crippen LogP contribution in [-0.2, 0) is 28.6 Å². The van der Waals surface area contributed by atoms with Gasteiger partial charge in [0, 0.05) is 19.3 Å². The molecule has 0 heterocycles. The molecule has 0 aromatic heterocycles.